The molecule has 1 amide bonds. The molecule has 0 saturated heterocycles. The normalized spacial score (nSPS) is 11.7. The zero-order valence-electron chi connectivity index (χ0n) is 15.7. The Hall–Kier alpha value is -4.15. The fourth-order valence-electron chi connectivity index (χ4n) is 2.72. The maximum absolute atomic E-state index is 14.0. The molecule has 0 aliphatic heterocycles. The average Bonchev–Trinajstić information content (AvgIpc) is 3.22. The number of nitrogens with zero attached hydrogens (tertiary/aromatic N) is 2. The molecule has 0 aliphatic carbocycles. The van der Waals surface area contributed by atoms with Gasteiger partial charge in [0.25, 0.3) is 5.91 Å². The molecule has 160 valence electrons. The van der Waals surface area contributed by atoms with Crippen LogP contribution in [0.4, 0.5) is 8.78 Å². The summed E-state index contributed by atoms with van der Waals surface area (Å²) in [5, 5.41) is 24.1. The van der Waals surface area contributed by atoms with Gasteiger partial charge in [-0.25, -0.2) is 13.6 Å². The van der Waals surface area contributed by atoms with Gasteiger partial charge in [0.05, 0.1) is 11.1 Å². The number of aliphatic carboxylic acids is 1. The molecule has 0 saturated carbocycles. The summed E-state index contributed by atoms with van der Waals surface area (Å²) in [6, 6.07) is 6.80. The van der Waals surface area contributed by atoms with Crippen LogP contribution in [0.2, 0.25) is 0 Å². The molecular formula is C20H15F2N3O6. The van der Waals surface area contributed by atoms with Crippen molar-refractivity contribution in [2.45, 2.75) is 18.9 Å². The molecule has 2 aromatic carbocycles. The number of aromatic nitrogens is 2. The van der Waals surface area contributed by atoms with Crippen LogP contribution in [-0.2, 0) is 4.79 Å². The van der Waals surface area contributed by atoms with Gasteiger partial charge in [-0.2, -0.15) is 4.98 Å². The van der Waals surface area contributed by atoms with Crippen molar-refractivity contribution >= 4 is 17.8 Å². The van der Waals surface area contributed by atoms with Crippen LogP contribution < -0.4 is 5.32 Å². The maximum Gasteiger partial charge on any atom is 0.335 e. The molecule has 3 aromatic rings. The van der Waals surface area contributed by atoms with E-state index in [0.717, 1.165) is 24.3 Å². The number of hydrogen-bond donors (Lipinski definition) is 3. The van der Waals surface area contributed by atoms with Crippen molar-refractivity contribution in [1.82, 2.24) is 15.5 Å². The smallest absolute Gasteiger partial charge is 0.335 e. The molecule has 11 heteroatoms. The van der Waals surface area contributed by atoms with Crippen molar-refractivity contribution in [3.05, 3.63) is 71.1 Å². The third kappa shape index (κ3) is 5.26. The lowest BCUT2D eigenvalue weighted by atomic mass is 10.1. The molecule has 3 rings (SSSR count). The summed E-state index contributed by atoms with van der Waals surface area (Å²) in [6.45, 7) is 0. The Labute approximate surface area is 173 Å². The molecule has 0 unspecified atom stereocenters. The van der Waals surface area contributed by atoms with E-state index in [9.17, 15) is 23.2 Å². The molecule has 1 atom stereocenters. The Morgan fingerprint density at radius 1 is 1.06 bits per heavy atom. The first-order chi connectivity index (χ1) is 14.7. The van der Waals surface area contributed by atoms with Gasteiger partial charge in [0.1, 0.15) is 17.7 Å². The van der Waals surface area contributed by atoms with E-state index >= 15 is 0 Å². The van der Waals surface area contributed by atoms with Crippen molar-refractivity contribution < 1.29 is 37.9 Å². The van der Waals surface area contributed by atoms with Crippen LogP contribution in [0.1, 0.15) is 45.5 Å². The highest BCUT2D eigenvalue weighted by atomic mass is 19.1. The van der Waals surface area contributed by atoms with Crippen LogP contribution >= 0.6 is 0 Å². The Morgan fingerprint density at radius 3 is 2.52 bits per heavy atom. The molecule has 1 aromatic heterocycles. The number of carboxylic acids is 2. The number of carbonyl (C=O) groups is 3. The fraction of sp³-hybridized carbons (Fsp3) is 0.150. The first-order valence-electron chi connectivity index (χ1n) is 8.89. The van der Waals surface area contributed by atoms with Crippen LogP contribution in [0.15, 0.2) is 47.0 Å². The van der Waals surface area contributed by atoms with Crippen molar-refractivity contribution in [2.24, 2.45) is 0 Å². The lowest BCUT2D eigenvalue weighted by Crippen LogP contribution is -2.29. The number of halogens is 2. The summed E-state index contributed by atoms with van der Waals surface area (Å²) in [4.78, 5) is 38.6. The monoisotopic (exact) mass is 431 g/mol. The second-order valence-electron chi connectivity index (χ2n) is 6.42. The number of hydrogen-bond acceptors (Lipinski definition) is 6. The van der Waals surface area contributed by atoms with Gasteiger partial charge in [0.15, 0.2) is 0 Å². The Kier molecular flexibility index (Phi) is 6.34. The number of amides is 1. The zero-order chi connectivity index (χ0) is 22.5. The maximum atomic E-state index is 14.0. The van der Waals surface area contributed by atoms with Crippen LogP contribution in [0.25, 0.3) is 11.4 Å². The second-order valence-corrected chi connectivity index (χ2v) is 6.42. The minimum absolute atomic E-state index is 0.0103. The van der Waals surface area contributed by atoms with Crippen molar-refractivity contribution in [3.8, 4) is 11.4 Å². The number of carboxylic acid groups (broad SMARTS) is 2. The lowest BCUT2D eigenvalue weighted by molar-refractivity contribution is -0.137. The lowest BCUT2D eigenvalue weighted by Gasteiger charge is -2.14. The molecule has 31 heavy (non-hydrogen) atoms. The number of nitrogens with one attached hydrogen (secondary N) is 1. The molecular weight excluding hydrogens is 416 g/mol. The third-order valence-corrected chi connectivity index (χ3v) is 4.23. The topological polar surface area (TPSA) is 143 Å². The van der Waals surface area contributed by atoms with Crippen molar-refractivity contribution in [1.29, 1.82) is 0 Å². The third-order valence-electron chi connectivity index (χ3n) is 4.23. The van der Waals surface area contributed by atoms with Crippen LogP contribution in [0.3, 0.4) is 0 Å². The Bertz CT molecular complexity index is 1150. The summed E-state index contributed by atoms with van der Waals surface area (Å²) < 4.78 is 32.5. The number of carbonyl (C=O) groups excluding carboxylic acids is 1. The number of rotatable bonds is 8. The van der Waals surface area contributed by atoms with Gasteiger partial charge < -0.3 is 20.1 Å². The van der Waals surface area contributed by atoms with Gasteiger partial charge in [-0.1, -0.05) is 11.2 Å². The molecule has 9 nitrogen and oxygen atoms in total. The van der Waals surface area contributed by atoms with Gasteiger partial charge in [0, 0.05) is 12.0 Å². The molecule has 0 radical (unpaired) electrons. The van der Waals surface area contributed by atoms with Crippen LogP contribution in [0, 0.1) is 11.6 Å². The van der Waals surface area contributed by atoms with E-state index in [2.05, 4.69) is 15.5 Å². The zero-order valence-corrected chi connectivity index (χ0v) is 15.7. The van der Waals surface area contributed by atoms with Gasteiger partial charge in [-0.15, -0.1) is 0 Å². The summed E-state index contributed by atoms with van der Waals surface area (Å²) in [5.41, 5.74) is -0.375. The second kappa shape index (κ2) is 9.11. The van der Waals surface area contributed by atoms with Crippen molar-refractivity contribution in [3.63, 3.8) is 0 Å². The summed E-state index contributed by atoms with van der Waals surface area (Å²) >= 11 is 0. The Morgan fingerprint density at radius 2 is 1.81 bits per heavy atom. The number of benzene rings is 2. The quantitative estimate of drug-likeness (QED) is 0.494. The molecule has 3 N–H and O–H groups in total. The highest BCUT2D eigenvalue weighted by Crippen LogP contribution is 2.25. The highest BCUT2D eigenvalue weighted by Gasteiger charge is 2.24. The highest BCUT2D eigenvalue weighted by molar-refractivity contribution is 5.97. The number of aromatic carboxylic acids is 1. The summed E-state index contributed by atoms with van der Waals surface area (Å²) in [7, 11) is 0. The van der Waals surface area contributed by atoms with Gasteiger partial charge >= 0.3 is 11.9 Å². The summed E-state index contributed by atoms with van der Waals surface area (Å²) in [6.07, 6.45) is -0.515. The largest absolute Gasteiger partial charge is 0.481 e. The van der Waals surface area contributed by atoms with E-state index in [0.29, 0.717) is 0 Å². The standard InChI is InChI=1S/C20H15F2N3O6/c21-12-4-5-14(22)13(9-12)17-24-19(31-25-17)15(6-7-16(26)27)23-18(28)10-2-1-3-11(8-10)20(29)30/h1-5,8-9,15H,6-7H2,(H,23,28)(H,26,27)(H,29,30)/t15-/m0/s1. The van der Waals surface area contributed by atoms with E-state index in [-0.39, 0.29) is 41.2 Å². The van der Waals surface area contributed by atoms with E-state index in [1.54, 1.807) is 0 Å². The summed E-state index contributed by atoms with van der Waals surface area (Å²) in [5.74, 6) is -5.12. The predicted octanol–water partition coefficient (Wildman–Crippen LogP) is 3.05. The minimum Gasteiger partial charge on any atom is -0.481 e. The van der Waals surface area contributed by atoms with Crippen LogP contribution in [0.5, 0.6) is 0 Å². The van der Waals surface area contributed by atoms with E-state index < -0.39 is 35.5 Å². The molecule has 0 bridgehead atoms. The molecule has 1 heterocycles. The first-order valence-corrected chi connectivity index (χ1v) is 8.89. The molecule has 0 fully saturated rings. The fourth-order valence-corrected chi connectivity index (χ4v) is 2.72. The molecule has 0 spiro atoms. The predicted molar refractivity (Wildman–Crippen MR) is 100 cm³/mol. The van der Waals surface area contributed by atoms with E-state index in [1.807, 2.05) is 0 Å². The van der Waals surface area contributed by atoms with E-state index in [1.165, 1.54) is 18.2 Å². The van der Waals surface area contributed by atoms with E-state index in [4.69, 9.17) is 14.7 Å². The SMILES string of the molecule is O=C(O)CC[C@H](NC(=O)c1cccc(C(=O)O)c1)c1nc(-c2cc(F)ccc2F)no1. The van der Waals surface area contributed by atoms with Gasteiger partial charge in [-0.3, -0.25) is 9.59 Å². The Balaban J connectivity index is 1.87. The van der Waals surface area contributed by atoms with Gasteiger partial charge in [-0.05, 0) is 42.8 Å². The van der Waals surface area contributed by atoms with Crippen molar-refractivity contribution in [2.75, 3.05) is 0 Å². The first kappa shape index (κ1) is 21.6. The molecule has 0 aliphatic rings. The van der Waals surface area contributed by atoms with Crippen LogP contribution in [-0.4, -0.2) is 38.2 Å². The van der Waals surface area contributed by atoms with Gasteiger partial charge in [0.2, 0.25) is 11.7 Å². The average molecular weight is 431 g/mol. The minimum atomic E-state index is -1.23.